The van der Waals surface area contributed by atoms with Crippen LogP contribution in [-0.2, 0) is 4.74 Å². The third-order valence-electron chi connectivity index (χ3n) is 2.99. The second-order valence-electron chi connectivity index (χ2n) is 4.65. The summed E-state index contributed by atoms with van der Waals surface area (Å²) in [4.78, 5) is 12.9. The lowest BCUT2D eigenvalue weighted by atomic mass is 10.2. The summed E-state index contributed by atoms with van der Waals surface area (Å²) in [7, 11) is 1.51. The Bertz CT molecular complexity index is 688. The highest BCUT2D eigenvalue weighted by Crippen LogP contribution is 2.28. The molecule has 0 fully saturated rings. The molecule has 2 aromatic rings. The minimum absolute atomic E-state index is 0.201. The summed E-state index contributed by atoms with van der Waals surface area (Å²) in [6.07, 6.45) is -5.13. The Kier molecular flexibility index (Phi) is 6.09. The van der Waals surface area contributed by atoms with Gasteiger partial charge in [-0.15, -0.1) is 24.5 Å². The SMILES string of the molecule is COC(CNC(=O)c1ccc(OC(F)(F)F)cc1)c1ccc(Cl)s1. The number of ether oxygens (including phenoxy) is 2. The molecule has 1 N–H and O–H groups in total. The molecule has 0 bridgehead atoms. The van der Waals surface area contributed by atoms with E-state index in [4.69, 9.17) is 16.3 Å². The number of carbonyl (C=O) groups is 1. The molecule has 4 nitrogen and oxygen atoms in total. The Labute approximate surface area is 145 Å². The molecule has 1 unspecified atom stereocenters. The maximum absolute atomic E-state index is 12.1. The van der Waals surface area contributed by atoms with Gasteiger partial charge in [0.15, 0.2) is 0 Å². The number of nitrogens with one attached hydrogen (secondary N) is 1. The van der Waals surface area contributed by atoms with Crippen LogP contribution in [0.25, 0.3) is 0 Å². The molecule has 1 heterocycles. The molecule has 0 radical (unpaired) electrons. The lowest BCUT2D eigenvalue weighted by Gasteiger charge is -2.15. The van der Waals surface area contributed by atoms with Gasteiger partial charge in [0, 0.05) is 24.1 Å². The van der Waals surface area contributed by atoms with Crippen LogP contribution < -0.4 is 10.1 Å². The summed E-state index contributed by atoms with van der Waals surface area (Å²) in [5.74, 6) is -0.819. The molecule has 1 atom stereocenters. The molecule has 0 saturated carbocycles. The van der Waals surface area contributed by atoms with E-state index in [1.807, 2.05) is 0 Å². The average molecular weight is 380 g/mol. The van der Waals surface area contributed by atoms with E-state index in [0.29, 0.717) is 4.34 Å². The van der Waals surface area contributed by atoms with Crippen molar-refractivity contribution in [3.05, 3.63) is 51.2 Å². The first-order valence-corrected chi connectivity index (χ1v) is 7.90. The number of methoxy groups -OCH3 is 1. The number of carbonyl (C=O) groups excluding carboxylic acids is 1. The van der Waals surface area contributed by atoms with Gasteiger partial charge < -0.3 is 14.8 Å². The first kappa shape index (κ1) is 18.6. The molecule has 24 heavy (non-hydrogen) atoms. The normalized spacial score (nSPS) is 12.7. The van der Waals surface area contributed by atoms with Crippen molar-refractivity contribution in [2.45, 2.75) is 12.5 Å². The van der Waals surface area contributed by atoms with E-state index in [-0.39, 0.29) is 24.0 Å². The predicted octanol–water partition coefficient (Wildman–Crippen LogP) is 4.42. The Hall–Kier alpha value is -1.77. The van der Waals surface area contributed by atoms with Crippen LogP contribution in [0.3, 0.4) is 0 Å². The summed E-state index contributed by atoms with van der Waals surface area (Å²) < 4.78 is 45.9. The van der Waals surface area contributed by atoms with Gasteiger partial charge in [0.1, 0.15) is 11.9 Å². The molecule has 0 spiro atoms. The Morgan fingerprint density at radius 2 is 1.92 bits per heavy atom. The third kappa shape index (κ3) is 5.40. The number of hydrogen-bond donors (Lipinski definition) is 1. The highest BCUT2D eigenvalue weighted by molar-refractivity contribution is 7.16. The van der Waals surface area contributed by atoms with Crippen molar-refractivity contribution < 1.29 is 27.4 Å². The number of amides is 1. The first-order valence-electron chi connectivity index (χ1n) is 6.70. The van der Waals surface area contributed by atoms with Crippen LogP contribution in [0, 0.1) is 0 Å². The second-order valence-corrected chi connectivity index (χ2v) is 6.40. The molecule has 9 heteroatoms. The van der Waals surface area contributed by atoms with E-state index in [0.717, 1.165) is 17.0 Å². The minimum Gasteiger partial charge on any atom is -0.406 e. The summed E-state index contributed by atoms with van der Waals surface area (Å²) in [6.45, 7) is 0.201. The van der Waals surface area contributed by atoms with E-state index in [1.165, 1.54) is 30.6 Å². The first-order chi connectivity index (χ1) is 11.3. The number of rotatable bonds is 6. The fourth-order valence-corrected chi connectivity index (χ4v) is 3.04. The number of thiophene rings is 1. The van der Waals surface area contributed by atoms with Crippen LogP contribution in [0.1, 0.15) is 21.3 Å². The van der Waals surface area contributed by atoms with Gasteiger partial charge in [-0.05, 0) is 36.4 Å². The second kappa shape index (κ2) is 7.87. The fourth-order valence-electron chi connectivity index (χ4n) is 1.90. The van der Waals surface area contributed by atoms with Crippen LogP contribution in [-0.4, -0.2) is 25.9 Å². The summed E-state index contributed by atoms with van der Waals surface area (Å²) in [5, 5.41) is 2.66. The van der Waals surface area contributed by atoms with Crippen molar-refractivity contribution in [3.8, 4) is 5.75 Å². The molecule has 0 aliphatic carbocycles. The molecule has 0 saturated heterocycles. The molecule has 0 aliphatic rings. The average Bonchev–Trinajstić information content (AvgIpc) is 2.93. The topological polar surface area (TPSA) is 47.6 Å². The smallest absolute Gasteiger partial charge is 0.406 e. The molecular weight excluding hydrogens is 367 g/mol. The van der Waals surface area contributed by atoms with Gasteiger partial charge in [0.2, 0.25) is 0 Å². The van der Waals surface area contributed by atoms with E-state index >= 15 is 0 Å². The van der Waals surface area contributed by atoms with Crippen LogP contribution in [0.2, 0.25) is 4.34 Å². The van der Waals surface area contributed by atoms with Gasteiger partial charge in [0.05, 0.1) is 4.34 Å². The van der Waals surface area contributed by atoms with Crippen LogP contribution in [0.5, 0.6) is 5.75 Å². The molecular formula is C15H13ClF3NO3S. The fraction of sp³-hybridized carbons (Fsp3) is 0.267. The highest BCUT2D eigenvalue weighted by atomic mass is 35.5. The number of halogens is 4. The Morgan fingerprint density at radius 1 is 1.25 bits per heavy atom. The highest BCUT2D eigenvalue weighted by Gasteiger charge is 2.31. The van der Waals surface area contributed by atoms with E-state index in [1.54, 1.807) is 12.1 Å². The minimum atomic E-state index is -4.77. The zero-order valence-electron chi connectivity index (χ0n) is 12.4. The van der Waals surface area contributed by atoms with Gasteiger partial charge >= 0.3 is 6.36 Å². The number of benzene rings is 1. The van der Waals surface area contributed by atoms with Crippen molar-refractivity contribution >= 4 is 28.8 Å². The maximum Gasteiger partial charge on any atom is 0.573 e. The summed E-state index contributed by atoms with van der Waals surface area (Å²) >= 11 is 7.21. The Morgan fingerprint density at radius 3 is 2.42 bits per heavy atom. The lowest BCUT2D eigenvalue weighted by molar-refractivity contribution is -0.274. The van der Waals surface area contributed by atoms with Crippen LogP contribution in [0.4, 0.5) is 13.2 Å². The number of alkyl halides is 3. The van der Waals surface area contributed by atoms with E-state index in [9.17, 15) is 18.0 Å². The van der Waals surface area contributed by atoms with Gasteiger partial charge in [0.25, 0.3) is 5.91 Å². The van der Waals surface area contributed by atoms with Crippen LogP contribution in [0.15, 0.2) is 36.4 Å². The van der Waals surface area contributed by atoms with Gasteiger partial charge in [-0.3, -0.25) is 4.79 Å². The molecule has 1 aromatic heterocycles. The van der Waals surface area contributed by atoms with E-state index in [2.05, 4.69) is 10.1 Å². The quantitative estimate of drug-likeness (QED) is 0.808. The molecule has 1 amide bonds. The molecule has 130 valence electrons. The van der Waals surface area contributed by atoms with Gasteiger partial charge in [-0.1, -0.05) is 11.6 Å². The largest absolute Gasteiger partial charge is 0.573 e. The van der Waals surface area contributed by atoms with Crippen molar-refractivity contribution in [3.63, 3.8) is 0 Å². The zero-order valence-corrected chi connectivity index (χ0v) is 14.0. The van der Waals surface area contributed by atoms with Crippen molar-refractivity contribution in [1.82, 2.24) is 5.32 Å². The standard InChI is InChI=1S/C15H13ClF3NO3S/c1-22-11(12-6-7-13(16)24-12)8-20-14(21)9-2-4-10(5-3-9)23-15(17,18)19/h2-7,11H,8H2,1H3,(H,20,21). The summed E-state index contributed by atoms with van der Waals surface area (Å²) in [5.41, 5.74) is 0.212. The monoisotopic (exact) mass is 379 g/mol. The maximum atomic E-state index is 12.1. The van der Waals surface area contributed by atoms with Crippen molar-refractivity contribution in [2.75, 3.05) is 13.7 Å². The van der Waals surface area contributed by atoms with Gasteiger partial charge in [-0.25, -0.2) is 0 Å². The molecule has 1 aromatic carbocycles. The van der Waals surface area contributed by atoms with Crippen molar-refractivity contribution in [1.29, 1.82) is 0 Å². The summed E-state index contributed by atoms with van der Waals surface area (Å²) in [6, 6.07) is 8.19. The van der Waals surface area contributed by atoms with Gasteiger partial charge in [-0.2, -0.15) is 0 Å². The molecule has 0 aliphatic heterocycles. The third-order valence-corrected chi connectivity index (χ3v) is 4.32. The zero-order chi connectivity index (χ0) is 17.7. The molecule has 2 rings (SSSR count). The lowest BCUT2D eigenvalue weighted by Crippen LogP contribution is -2.28. The van der Waals surface area contributed by atoms with E-state index < -0.39 is 12.3 Å². The Balaban J connectivity index is 1.94. The van der Waals surface area contributed by atoms with Crippen LogP contribution >= 0.6 is 22.9 Å². The predicted molar refractivity (Wildman–Crippen MR) is 84.5 cm³/mol. The number of hydrogen-bond acceptors (Lipinski definition) is 4. The van der Waals surface area contributed by atoms with Crippen molar-refractivity contribution in [2.24, 2.45) is 0 Å².